The fourth-order valence-corrected chi connectivity index (χ4v) is 2.23. The highest BCUT2D eigenvalue weighted by molar-refractivity contribution is 7.89. The fraction of sp³-hybridized carbons (Fsp3) is 0.571. The average Bonchev–Trinajstić information content (AvgIpc) is 2.43. The van der Waals surface area contributed by atoms with Gasteiger partial charge in [-0.05, 0) is 13.8 Å². The highest BCUT2D eigenvalue weighted by Gasteiger charge is 2.30. The average molecular weight is 274 g/mol. The molecule has 17 heavy (non-hydrogen) atoms. The Morgan fingerprint density at radius 1 is 1.41 bits per heavy atom. The Labute approximate surface area is 94.7 Å². The number of rotatable bonds is 4. The van der Waals surface area contributed by atoms with E-state index in [1.165, 1.54) is 18.7 Å². The van der Waals surface area contributed by atoms with Crippen LogP contribution in [0, 0.1) is 13.8 Å². The molecule has 0 aliphatic carbocycles. The van der Waals surface area contributed by atoms with Crippen molar-refractivity contribution < 1.29 is 30.9 Å². The van der Waals surface area contributed by atoms with Crippen molar-refractivity contribution in [2.75, 3.05) is 6.61 Å². The standard InChI is InChI=1S/C7H9F3N2O4S/c1-4-6(5(2)16-11-4)17(13,14)12-15-3-7(8,9)10/h12H,3H2,1-2H3. The van der Waals surface area contributed by atoms with Gasteiger partial charge in [0.1, 0.15) is 10.6 Å². The molecule has 98 valence electrons. The number of aryl methyl sites for hydroxylation is 2. The third kappa shape index (κ3) is 3.68. The van der Waals surface area contributed by atoms with E-state index in [1.54, 1.807) is 0 Å². The number of aromatic nitrogens is 1. The van der Waals surface area contributed by atoms with Gasteiger partial charge >= 0.3 is 6.18 Å². The first-order chi connectivity index (χ1) is 7.63. The van der Waals surface area contributed by atoms with Gasteiger partial charge in [0.25, 0.3) is 10.0 Å². The van der Waals surface area contributed by atoms with Gasteiger partial charge in [-0.2, -0.15) is 13.2 Å². The minimum Gasteiger partial charge on any atom is -0.360 e. The van der Waals surface area contributed by atoms with E-state index < -0.39 is 22.8 Å². The van der Waals surface area contributed by atoms with E-state index in [9.17, 15) is 21.6 Å². The van der Waals surface area contributed by atoms with Crippen molar-refractivity contribution in [1.82, 2.24) is 10.0 Å². The molecule has 0 aromatic carbocycles. The van der Waals surface area contributed by atoms with Crippen molar-refractivity contribution in [1.29, 1.82) is 0 Å². The van der Waals surface area contributed by atoms with Crippen molar-refractivity contribution in [3.8, 4) is 0 Å². The molecule has 1 aromatic rings. The second kappa shape index (κ2) is 4.63. The lowest BCUT2D eigenvalue weighted by atomic mass is 10.4. The lowest BCUT2D eigenvalue weighted by Gasteiger charge is -2.08. The molecule has 1 N–H and O–H groups in total. The van der Waals surface area contributed by atoms with Crippen LogP contribution in [0.3, 0.4) is 0 Å². The summed E-state index contributed by atoms with van der Waals surface area (Å²) in [6.45, 7) is 0.933. The van der Waals surface area contributed by atoms with Gasteiger partial charge in [0.15, 0.2) is 12.4 Å². The molecule has 0 aliphatic heterocycles. The maximum absolute atomic E-state index is 11.7. The van der Waals surface area contributed by atoms with Crippen LogP contribution in [0.15, 0.2) is 9.42 Å². The van der Waals surface area contributed by atoms with Crippen LogP contribution in [0.25, 0.3) is 0 Å². The third-order valence-electron chi connectivity index (χ3n) is 1.64. The molecule has 0 amide bonds. The van der Waals surface area contributed by atoms with Crippen LogP contribution in [0.4, 0.5) is 13.2 Å². The molecule has 0 atom stereocenters. The maximum atomic E-state index is 11.7. The minimum absolute atomic E-state index is 0.0330. The zero-order valence-corrected chi connectivity index (χ0v) is 9.65. The number of nitrogens with one attached hydrogen (secondary N) is 1. The van der Waals surface area contributed by atoms with Crippen LogP contribution in [-0.4, -0.2) is 26.4 Å². The zero-order valence-electron chi connectivity index (χ0n) is 8.83. The summed E-state index contributed by atoms with van der Waals surface area (Å²) in [5, 5.41) is 3.37. The second-order valence-corrected chi connectivity index (χ2v) is 4.73. The molecular weight excluding hydrogens is 265 g/mol. The Balaban J connectivity index is 2.77. The molecule has 0 radical (unpaired) electrons. The van der Waals surface area contributed by atoms with Crippen molar-refractivity contribution in [3.05, 3.63) is 11.5 Å². The van der Waals surface area contributed by atoms with Gasteiger partial charge in [0.05, 0.1) is 0 Å². The normalized spacial score (nSPS) is 13.0. The van der Waals surface area contributed by atoms with E-state index >= 15 is 0 Å². The van der Waals surface area contributed by atoms with Gasteiger partial charge in [0.2, 0.25) is 0 Å². The van der Waals surface area contributed by atoms with Crippen LogP contribution >= 0.6 is 0 Å². The predicted octanol–water partition coefficient (Wildman–Crippen LogP) is 1.06. The number of halogens is 3. The van der Waals surface area contributed by atoms with Crippen LogP contribution in [0.1, 0.15) is 11.5 Å². The summed E-state index contributed by atoms with van der Waals surface area (Å²) in [5.41, 5.74) is 0.0330. The van der Waals surface area contributed by atoms with Crippen molar-refractivity contribution in [2.45, 2.75) is 24.9 Å². The molecule has 10 heteroatoms. The van der Waals surface area contributed by atoms with Crippen LogP contribution in [0.2, 0.25) is 0 Å². The summed E-state index contributed by atoms with van der Waals surface area (Å²) in [6.07, 6.45) is -4.62. The lowest BCUT2D eigenvalue weighted by Crippen LogP contribution is -2.30. The molecule has 6 nitrogen and oxygen atoms in total. The SMILES string of the molecule is Cc1noc(C)c1S(=O)(=O)NOCC(F)(F)F. The predicted molar refractivity (Wildman–Crippen MR) is 48.3 cm³/mol. The third-order valence-corrected chi connectivity index (χ3v) is 3.10. The molecule has 1 heterocycles. The van der Waals surface area contributed by atoms with Crippen LogP contribution < -0.4 is 4.89 Å². The molecular formula is C7H9F3N2O4S. The zero-order chi connectivity index (χ0) is 13.3. The van der Waals surface area contributed by atoms with Gasteiger partial charge in [-0.15, -0.1) is 0 Å². The minimum atomic E-state index is -4.62. The molecule has 1 rings (SSSR count). The maximum Gasteiger partial charge on any atom is 0.413 e. The number of nitrogens with zero attached hydrogens (tertiary/aromatic N) is 1. The topological polar surface area (TPSA) is 81.4 Å². The number of hydrogen-bond acceptors (Lipinski definition) is 5. The summed E-state index contributed by atoms with van der Waals surface area (Å²) in [7, 11) is -4.23. The monoisotopic (exact) mass is 274 g/mol. The van der Waals surface area contributed by atoms with Crippen molar-refractivity contribution >= 4 is 10.0 Å². The molecule has 0 saturated carbocycles. The Morgan fingerprint density at radius 3 is 2.41 bits per heavy atom. The van der Waals surface area contributed by atoms with Gasteiger partial charge in [-0.25, -0.2) is 8.42 Å². The Kier molecular flexibility index (Phi) is 3.79. The Morgan fingerprint density at radius 2 is 2.00 bits per heavy atom. The van der Waals surface area contributed by atoms with Crippen LogP contribution in [-0.2, 0) is 14.9 Å². The summed E-state index contributed by atoms with van der Waals surface area (Å²) in [6, 6.07) is 0. The largest absolute Gasteiger partial charge is 0.413 e. The van der Waals surface area contributed by atoms with E-state index in [2.05, 4.69) is 14.5 Å². The second-order valence-electron chi connectivity index (χ2n) is 3.14. The molecule has 0 spiro atoms. The highest BCUT2D eigenvalue weighted by atomic mass is 32.2. The number of sulfonamides is 1. The van der Waals surface area contributed by atoms with Gasteiger partial charge < -0.3 is 4.52 Å². The molecule has 0 aliphatic rings. The first-order valence-corrected chi connectivity index (χ1v) is 5.75. The summed E-state index contributed by atoms with van der Waals surface area (Å²) >= 11 is 0. The fourth-order valence-electron chi connectivity index (χ4n) is 1.09. The summed E-state index contributed by atoms with van der Waals surface area (Å²) in [4.78, 5) is 4.88. The van der Waals surface area contributed by atoms with Gasteiger partial charge in [-0.3, -0.25) is 4.84 Å². The molecule has 1 aromatic heterocycles. The first kappa shape index (κ1) is 13.9. The summed E-state index contributed by atoms with van der Waals surface area (Å²) < 4.78 is 62.8. The van der Waals surface area contributed by atoms with E-state index in [0.29, 0.717) is 0 Å². The van der Waals surface area contributed by atoms with Crippen molar-refractivity contribution in [2.24, 2.45) is 0 Å². The van der Waals surface area contributed by atoms with Gasteiger partial charge in [0, 0.05) is 0 Å². The number of hydrogen-bond donors (Lipinski definition) is 1. The lowest BCUT2D eigenvalue weighted by molar-refractivity contribution is -0.181. The van der Waals surface area contributed by atoms with E-state index in [0.717, 1.165) is 0 Å². The Bertz CT molecular complexity index is 474. The first-order valence-electron chi connectivity index (χ1n) is 4.27. The number of alkyl halides is 3. The molecule has 0 fully saturated rings. The molecule has 0 bridgehead atoms. The smallest absolute Gasteiger partial charge is 0.360 e. The quantitative estimate of drug-likeness (QED) is 0.830. The molecule has 0 unspecified atom stereocenters. The van der Waals surface area contributed by atoms with E-state index in [1.807, 2.05) is 0 Å². The molecule has 0 saturated heterocycles. The van der Waals surface area contributed by atoms with Gasteiger partial charge in [-0.1, -0.05) is 10.0 Å². The van der Waals surface area contributed by atoms with Crippen LogP contribution in [0.5, 0.6) is 0 Å². The highest BCUT2D eigenvalue weighted by Crippen LogP contribution is 2.19. The Hall–Kier alpha value is -1.13. The van der Waals surface area contributed by atoms with Crippen molar-refractivity contribution in [3.63, 3.8) is 0 Å². The van der Waals surface area contributed by atoms with E-state index in [-0.39, 0.29) is 16.3 Å². The van der Waals surface area contributed by atoms with E-state index in [4.69, 9.17) is 0 Å². The summed E-state index contributed by atoms with van der Waals surface area (Å²) in [5.74, 6) is -0.0365.